The Balaban J connectivity index is 1.52. The average Bonchev–Trinajstić information content (AvgIpc) is 3.35. The van der Waals surface area contributed by atoms with Crippen LogP contribution in [-0.2, 0) is 12.7 Å². The Morgan fingerprint density at radius 3 is 2.23 bits per heavy atom. The average molecular weight is 544 g/mol. The summed E-state index contributed by atoms with van der Waals surface area (Å²) in [4.78, 5) is 29.0. The highest BCUT2D eigenvalue weighted by Gasteiger charge is 2.30. The minimum absolute atomic E-state index is 0.148. The van der Waals surface area contributed by atoms with E-state index in [1.54, 1.807) is 37.5 Å². The lowest BCUT2D eigenvalue weighted by Crippen LogP contribution is -2.27. The normalized spacial score (nSPS) is 12.3. The van der Waals surface area contributed by atoms with Gasteiger partial charge < -0.3 is 15.0 Å². The molecule has 0 saturated carbocycles. The van der Waals surface area contributed by atoms with Crippen LogP contribution in [0.1, 0.15) is 50.4 Å². The number of carboxylic acids is 1. The number of rotatable bonds is 7. The molecule has 6 nitrogen and oxygen atoms in total. The van der Waals surface area contributed by atoms with Crippen LogP contribution in [0.2, 0.25) is 0 Å². The summed E-state index contributed by atoms with van der Waals surface area (Å²) < 4.78 is 40.9. The minimum Gasteiger partial charge on any atom is -0.478 e. The summed E-state index contributed by atoms with van der Waals surface area (Å²) in [6, 6.07) is 20.1. The summed E-state index contributed by atoms with van der Waals surface area (Å²) in [5.74, 6) is -1.38. The smallest absolute Gasteiger partial charge is 0.416 e. The van der Waals surface area contributed by atoms with Gasteiger partial charge in [0.1, 0.15) is 0 Å². The Hall–Kier alpha value is -4.92. The van der Waals surface area contributed by atoms with E-state index in [0.717, 1.165) is 34.2 Å². The maximum Gasteiger partial charge on any atom is 0.416 e. The molecule has 1 amide bonds. The van der Waals surface area contributed by atoms with E-state index < -0.39 is 23.8 Å². The van der Waals surface area contributed by atoms with Gasteiger partial charge in [-0.05, 0) is 83.8 Å². The number of aromatic nitrogens is 2. The van der Waals surface area contributed by atoms with E-state index in [1.807, 2.05) is 35.0 Å². The van der Waals surface area contributed by atoms with Crippen LogP contribution in [-0.4, -0.2) is 26.5 Å². The zero-order valence-corrected chi connectivity index (χ0v) is 21.3. The maximum atomic E-state index is 13.7. The standard InChI is InChI=1S/C31H24F3N3O3/c1-19(21-4-6-23(7-5-21)30(39)40)36-29(38)27-17-25(22-10-13-35-14-11-22)16-24-12-15-37(28(24)27)18-20-2-8-26(9-3-20)31(32,33)34/h2-17,19H,18H2,1H3,(H,36,38)(H,39,40)/t19-/m0/s1. The first-order valence-corrected chi connectivity index (χ1v) is 12.4. The van der Waals surface area contributed by atoms with E-state index in [9.17, 15) is 22.8 Å². The first-order chi connectivity index (χ1) is 19.1. The van der Waals surface area contributed by atoms with Crippen LogP contribution in [0.5, 0.6) is 0 Å². The number of carboxylic acid groups (broad SMARTS) is 1. The van der Waals surface area contributed by atoms with Gasteiger partial charge >= 0.3 is 12.1 Å². The number of hydrogen-bond donors (Lipinski definition) is 2. The van der Waals surface area contributed by atoms with Gasteiger partial charge in [-0.1, -0.05) is 24.3 Å². The zero-order valence-electron chi connectivity index (χ0n) is 21.3. The van der Waals surface area contributed by atoms with Gasteiger partial charge in [0.2, 0.25) is 0 Å². The number of aromatic carboxylic acids is 1. The first-order valence-electron chi connectivity index (χ1n) is 12.4. The minimum atomic E-state index is -4.42. The molecule has 0 fully saturated rings. The topological polar surface area (TPSA) is 84.2 Å². The van der Waals surface area contributed by atoms with Crippen LogP contribution in [0, 0.1) is 0 Å². The molecule has 9 heteroatoms. The van der Waals surface area contributed by atoms with Gasteiger partial charge in [0.05, 0.1) is 28.2 Å². The van der Waals surface area contributed by atoms with Crippen LogP contribution in [0.3, 0.4) is 0 Å². The summed E-state index contributed by atoms with van der Waals surface area (Å²) in [6.07, 6.45) is 0.720. The van der Waals surface area contributed by atoms with Crippen molar-refractivity contribution in [3.63, 3.8) is 0 Å². The second-order valence-electron chi connectivity index (χ2n) is 9.46. The molecule has 1 atom stereocenters. The fourth-order valence-electron chi connectivity index (χ4n) is 4.63. The van der Waals surface area contributed by atoms with Crippen molar-refractivity contribution < 1.29 is 27.9 Å². The molecule has 0 unspecified atom stereocenters. The number of halogens is 3. The number of benzene rings is 3. The molecule has 2 heterocycles. The van der Waals surface area contributed by atoms with Crippen molar-refractivity contribution in [3.05, 3.63) is 125 Å². The lowest BCUT2D eigenvalue weighted by molar-refractivity contribution is -0.137. The third-order valence-electron chi connectivity index (χ3n) is 6.76. The van der Waals surface area contributed by atoms with Crippen LogP contribution >= 0.6 is 0 Å². The molecule has 40 heavy (non-hydrogen) atoms. The van der Waals surface area contributed by atoms with E-state index in [1.165, 1.54) is 24.3 Å². The summed E-state index contributed by atoms with van der Waals surface area (Å²) in [6.45, 7) is 2.07. The molecule has 2 aromatic heterocycles. The number of hydrogen-bond acceptors (Lipinski definition) is 3. The van der Waals surface area contributed by atoms with Crippen LogP contribution in [0.4, 0.5) is 13.2 Å². The molecule has 3 aromatic carbocycles. The molecule has 202 valence electrons. The van der Waals surface area contributed by atoms with Gasteiger partial charge in [0, 0.05) is 30.5 Å². The monoisotopic (exact) mass is 543 g/mol. The Morgan fingerprint density at radius 1 is 0.925 bits per heavy atom. The van der Waals surface area contributed by atoms with Gasteiger partial charge in [0.25, 0.3) is 5.91 Å². The predicted octanol–water partition coefficient (Wildman–Crippen LogP) is 6.96. The summed E-state index contributed by atoms with van der Waals surface area (Å²) in [5, 5.41) is 13.0. The highest BCUT2D eigenvalue weighted by molar-refractivity contribution is 6.08. The highest BCUT2D eigenvalue weighted by Crippen LogP contribution is 2.31. The lowest BCUT2D eigenvalue weighted by Gasteiger charge is -2.17. The van der Waals surface area contributed by atoms with Crippen molar-refractivity contribution in [2.24, 2.45) is 0 Å². The molecular weight excluding hydrogens is 519 g/mol. The van der Waals surface area contributed by atoms with Crippen LogP contribution < -0.4 is 5.32 Å². The fourth-order valence-corrected chi connectivity index (χ4v) is 4.63. The van der Waals surface area contributed by atoms with Crippen molar-refractivity contribution in [3.8, 4) is 11.1 Å². The Bertz CT molecular complexity index is 1680. The van der Waals surface area contributed by atoms with Gasteiger partial charge in [-0.3, -0.25) is 9.78 Å². The largest absolute Gasteiger partial charge is 0.478 e. The molecule has 0 aliphatic carbocycles. The molecule has 2 N–H and O–H groups in total. The molecule has 0 spiro atoms. The second-order valence-corrected chi connectivity index (χ2v) is 9.46. The van der Waals surface area contributed by atoms with Crippen LogP contribution in [0.15, 0.2) is 97.5 Å². The third kappa shape index (κ3) is 5.58. The van der Waals surface area contributed by atoms with Gasteiger partial charge in [-0.15, -0.1) is 0 Å². The predicted molar refractivity (Wildman–Crippen MR) is 145 cm³/mol. The SMILES string of the molecule is C[C@H](NC(=O)c1cc(-c2ccncc2)cc2ccn(Cc3ccc(C(F)(F)F)cc3)c12)c1ccc(C(=O)O)cc1. The second kappa shape index (κ2) is 10.7. The van der Waals surface area contributed by atoms with Gasteiger partial charge in [-0.2, -0.15) is 13.2 Å². The Morgan fingerprint density at radius 2 is 1.60 bits per heavy atom. The highest BCUT2D eigenvalue weighted by atomic mass is 19.4. The number of nitrogens with zero attached hydrogens (tertiary/aromatic N) is 2. The van der Waals surface area contributed by atoms with E-state index in [0.29, 0.717) is 16.6 Å². The zero-order chi connectivity index (χ0) is 28.4. The van der Waals surface area contributed by atoms with E-state index >= 15 is 0 Å². The van der Waals surface area contributed by atoms with E-state index in [4.69, 9.17) is 5.11 Å². The van der Waals surface area contributed by atoms with Crippen LogP contribution in [0.25, 0.3) is 22.0 Å². The van der Waals surface area contributed by atoms with Crippen molar-refractivity contribution in [1.29, 1.82) is 0 Å². The number of amides is 1. The molecule has 0 bridgehead atoms. The first kappa shape index (κ1) is 26.7. The number of carbonyl (C=O) groups is 2. The Labute approximate surface area is 227 Å². The summed E-state index contributed by atoms with van der Waals surface area (Å²) in [7, 11) is 0. The molecule has 0 radical (unpaired) electrons. The molecule has 0 saturated heterocycles. The van der Waals surface area contributed by atoms with Crippen molar-refractivity contribution in [2.45, 2.75) is 25.7 Å². The van der Waals surface area contributed by atoms with E-state index in [-0.39, 0.29) is 18.0 Å². The molecule has 0 aliphatic heterocycles. The van der Waals surface area contributed by atoms with E-state index in [2.05, 4.69) is 10.3 Å². The van der Waals surface area contributed by atoms with Crippen molar-refractivity contribution in [2.75, 3.05) is 0 Å². The van der Waals surface area contributed by atoms with Gasteiger partial charge in [-0.25, -0.2) is 4.79 Å². The van der Waals surface area contributed by atoms with Crippen molar-refractivity contribution >= 4 is 22.8 Å². The number of pyridine rings is 1. The Kier molecular flexibility index (Phi) is 7.13. The maximum absolute atomic E-state index is 13.7. The third-order valence-corrected chi connectivity index (χ3v) is 6.76. The number of fused-ring (bicyclic) bond motifs is 1. The van der Waals surface area contributed by atoms with Crippen molar-refractivity contribution in [1.82, 2.24) is 14.9 Å². The number of alkyl halides is 3. The summed E-state index contributed by atoms with van der Waals surface area (Å²) in [5.41, 5.74) is 3.54. The lowest BCUT2D eigenvalue weighted by atomic mass is 10.00. The number of nitrogens with one attached hydrogen (secondary N) is 1. The van der Waals surface area contributed by atoms with Gasteiger partial charge in [0.15, 0.2) is 0 Å². The molecule has 5 rings (SSSR count). The molecular formula is C31H24F3N3O3. The molecule has 0 aliphatic rings. The number of carbonyl (C=O) groups excluding carboxylic acids is 1. The molecule has 5 aromatic rings. The summed E-state index contributed by atoms with van der Waals surface area (Å²) >= 11 is 0. The quantitative estimate of drug-likeness (QED) is 0.232. The fraction of sp³-hybridized carbons (Fsp3) is 0.129.